The molecule has 2 N–H and O–H groups in total. The van der Waals surface area contributed by atoms with Gasteiger partial charge in [0.05, 0.1) is 5.75 Å². The summed E-state index contributed by atoms with van der Waals surface area (Å²) in [4.78, 5) is 0. The predicted octanol–water partition coefficient (Wildman–Crippen LogP) is 2.63. The third-order valence-electron chi connectivity index (χ3n) is 2.06. The van der Waals surface area contributed by atoms with Crippen molar-refractivity contribution in [1.29, 1.82) is 0 Å². The van der Waals surface area contributed by atoms with E-state index in [9.17, 15) is 4.21 Å². The van der Waals surface area contributed by atoms with Crippen LogP contribution in [0.4, 0.5) is 0 Å². The maximum Gasteiger partial charge on any atom is 0.0501 e. The second-order valence-electron chi connectivity index (χ2n) is 4.81. The Labute approximate surface area is 105 Å². The normalized spacial score (nSPS) is 13.8. The second-order valence-corrected chi connectivity index (χ2v) is 6.68. The van der Waals surface area contributed by atoms with Crippen molar-refractivity contribution in [3.63, 3.8) is 0 Å². The molecule has 0 saturated carbocycles. The summed E-state index contributed by atoms with van der Waals surface area (Å²) in [6.07, 6.45) is 0. The molecule has 0 aromatic heterocycles. The lowest BCUT2D eigenvalue weighted by atomic mass is 10.1. The van der Waals surface area contributed by atoms with Crippen LogP contribution < -0.4 is 5.73 Å². The van der Waals surface area contributed by atoms with Crippen molar-refractivity contribution >= 4 is 22.4 Å². The Morgan fingerprint density at radius 1 is 1.44 bits per heavy atom. The lowest BCUT2D eigenvalue weighted by Crippen LogP contribution is -2.38. The van der Waals surface area contributed by atoms with E-state index in [0.29, 0.717) is 16.5 Å². The van der Waals surface area contributed by atoms with Gasteiger partial charge in [0.15, 0.2) is 0 Å². The minimum Gasteiger partial charge on any atom is -0.325 e. The van der Waals surface area contributed by atoms with E-state index in [1.54, 1.807) is 0 Å². The molecule has 0 aliphatic carbocycles. The first-order valence-corrected chi connectivity index (χ1v) is 7.03. The highest BCUT2D eigenvalue weighted by molar-refractivity contribution is 7.84. The molecule has 1 aromatic carbocycles. The fourth-order valence-electron chi connectivity index (χ4n) is 1.41. The van der Waals surface area contributed by atoms with Crippen molar-refractivity contribution in [2.45, 2.75) is 32.1 Å². The van der Waals surface area contributed by atoms with Gasteiger partial charge in [0.1, 0.15) is 0 Å². The number of aryl methyl sites for hydroxylation is 1. The van der Waals surface area contributed by atoms with Crippen molar-refractivity contribution in [3.8, 4) is 0 Å². The van der Waals surface area contributed by atoms with Crippen LogP contribution in [-0.2, 0) is 16.6 Å². The number of hydrogen-bond acceptors (Lipinski definition) is 2. The molecule has 0 aliphatic rings. The largest absolute Gasteiger partial charge is 0.325 e. The second kappa shape index (κ2) is 5.30. The number of benzene rings is 1. The minimum atomic E-state index is -0.967. The summed E-state index contributed by atoms with van der Waals surface area (Å²) >= 11 is 6.08. The van der Waals surface area contributed by atoms with Crippen molar-refractivity contribution in [3.05, 3.63) is 34.3 Å². The van der Waals surface area contributed by atoms with Gasteiger partial charge in [-0.15, -0.1) is 0 Å². The Balaban J connectivity index is 2.70. The molecular weight excluding hydrogens is 242 g/mol. The first-order chi connectivity index (χ1) is 7.28. The number of rotatable bonds is 4. The van der Waals surface area contributed by atoms with Crippen LogP contribution in [0.5, 0.6) is 0 Å². The van der Waals surface area contributed by atoms with Crippen LogP contribution in [-0.4, -0.2) is 15.5 Å². The molecule has 0 bridgehead atoms. The molecule has 4 heteroatoms. The maximum absolute atomic E-state index is 11.8. The van der Waals surface area contributed by atoms with Gasteiger partial charge < -0.3 is 5.73 Å². The Bertz CT molecular complexity index is 398. The molecule has 0 spiro atoms. The molecule has 0 radical (unpaired) electrons. The zero-order valence-corrected chi connectivity index (χ0v) is 11.5. The molecule has 0 fully saturated rings. The van der Waals surface area contributed by atoms with Crippen molar-refractivity contribution in [1.82, 2.24) is 0 Å². The zero-order chi connectivity index (χ0) is 12.3. The average Bonchev–Trinajstić information content (AvgIpc) is 2.06. The summed E-state index contributed by atoms with van der Waals surface area (Å²) in [5.41, 5.74) is 7.46. The molecule has 2 nitrogen and oxygen atoms in total. The van der Waals surface area contributed by atoms with Gasteiger partial charge in [-0.1, -0.05) is 23.7 Å². The molecule has 0 amide bonds. The van der Waals surface area contributed by atoms with Crippen LogP contribution in [0.1, 0.15) is 25.0 Å². The van der Waals surface area contributed by atoms with Gasteiger partial charge in [0.25, 0.3) is 0 Å². The summed E-state index contributed by atoms with van der Waals surface area (Å²) in [5, 5.41) is 0.683. The molecule has 1 unspecified atom stereocenters. The summed E-state index contributed by atoms with van der Waals surface area (Å²) in [7, 11) is -0.967. The standard InChI is InChI=1S/C12H18ClNOS/c1-9-4-5-10(11(13)6-9)7-16(15)8-12(2,3)14/h4-6H,7-8,14H2,1-3H3. The van der Waals surface area contributed by atoms with Crippen LogP contribution in [0.2, 0.25) is 5.02 Å². The summed E-state index contributed by atoms with van der Waals surface area (Å²) in [6.45, 7) is 5.74. The van der Waals surface area contributed by atoms with E-state index in [2.05, 4.69) is 0 Å². The van der Waals surface area contributed by atoms with Crippen LogP contribution >= 0.6 is 11.6 Å². The summed E-state index contributed by atoms with van der Waals surface area (Å²) < 4.78 is 11.8. The van der Waals surface area contributed by atoms with Gasteiger partial charge in [0, 0.05) is 27.1 Å². The minimum absolute atomic E-state index is 0.401. The Hall–Kier alpha value is -0.380. The topological polar surface area (TPSA) is 43.1 Å². The summed E-state index contributed by atoms with van der Waals surface area (Å²) in [6, 6.07) is 5.80. The number of nitrogens with two attached hydrogens (primary N) is 1. The van der Waals surface area contributed by atoms with Gasteiger partial charge in [0.2, 0.25) is 0 Å². The van der Waals surface area contributed by atoms with Gasteiger partial charge in [-0.05, 0) is 38.0 Å². The van der Waals surface area contributed by atoms with E-state index in [1.165, 1.54) is 0 Å². The van der Waals surface area contributed by atoms with E-state index >= 15 is 0 Å². The average molecular weight is 260 g/mol. The van der Waals surface area contributed by atoms with Crippen molar-refractivity contribution in [2.75, 3.05) is 5.75 Å². The molecule has 1 atom stereocenters. The molecular formula is C12H18ClNOS. The maximum atomic E-state index is 11.8. The van der Waals surface area contributed by atoms with Crippen LogP contribution in [0.15, 0.2) is 18.2 Å². The van der Waals surface area contributed by atoms with Crippen LogP contribution in [0, 0.1) is 6.92 Å². The molecule has 16 heavy (non-hydrogen) atoms. The van der Waals surface area contributed by atoms with Crippen LogP contribution in [0.25, 0.3) is 0 Å². The van der Waals surface area contributed by atoms with Gasteiger partial charge in [-0.3, -0.25) is 4.21 Å². The molecule has 1 aromatic rings. The predicted molar refractivity (Wildman–Crippen MR) is 71.2 cm³/mol. The van der Waals surface area contributed by atoms with E-state index in [4.69, 9.17) is 17.3 Å². The van der Waals surface area contributed by atoms with E-state index < -0.39 is 16.3 Å². The molecule has 0 aliphatic heterocycles. The highest BCUT2D eigenvalue weighted by Crippen LogP contribution is 2.19. The summed E-state index contributed by atoms with van der Waals surface area (Å²) in [5.74, 6) is 0.955. The highest BCUT2D eigenvalue weighted by atomic mass is 35.5. The van der Waals surface area contributed by atoms with E-state index in [1.807, 2.05) is 39.0 Å². The third-order valence-corrected chi connectivity index (χ3v) is 4.11. The van der Waals surface area contributed by atoms with E-state index in [0.717, 1.165) is 11.1 Å². The smallest absolute Gasteiger partial charge is 0.0501 e. The van der Waals surface area contributed by atoms with Crippen LogP contribution in [0.3, 0.4) is 0 Å². The first-order valence-electron chi connectivity index (χ1n) is 5.17. The lowest BCUT2D eigenvalue weighted by molar-refractivity contribution is 0.577. The molecule has 90 valence electrons. The Morgan fingerprint density at radius 2 is 2.06 bits per heavy atom. The SMILES string of the molecule is Cc1ccc(CS(=O)CC(C)(C)N)c(Cl)c1. The molecule has 0 saturated heterocycles. The van der Waals surface area contributed by atoms with E-state index in [-0.39, 0.29) is 0 Å². The first kappa shape index (κ1) is 13.7. The van der Waals surface area contributed by atoms with Gasteiger partial charge >= 0.3 is 0 Å². The number of hydrogen-bond donors (Lipinski definition) is 1. The molecule has 1 rings (SSSR count). The molecule has 0 heterocycles. The number of halogens is 1. The van der Waals surface area contributed by atoms with Crippen molar-refractivity contribution in [2.24, 2.45) is 5.73 Å². The monoisotopic (exact) mass is 259 g/mol. The zero-order valence-electron chi connectivity index (χ0n) is 9.92. The van der Waals surface area contributed by atoms with Crippen molar-refractivity contribution < 1.29 is 4.21 Å². The quantitative estimate of drug-likeness (QED) is 0.903. The third kappa shape index (κ3) is 4.64. The lowest BCUT2D eigenvalue weighted by Gasteiger charge is -2.17. The Kier molecular flexibility index (Phi) is 4.53. The fourth-order valence-corrected chi connectivity index (χ4v) is 3.32. The highest BCUT2D eigenvalue weighted by Gasteiger charge is 2.16. The van der Waals surface area contributed by atoms with Gasteiger partial charge in [-0.25, -0.2) is 0 Å². The Morgan fingerprint density at radius 3 is 2.56 bits per heavy atom. The van der Waals surface area contributed by atoms with Gasteiger partial charge in [-0.2, -0.15) is 0 Å². The fraction of sp³-hybridized carbons (Fsp3) is 0.500.